The van der Waals surface area contributed by atoms with Gasteiger partial charge in [-0.1, -0.05) is 140 Å². The van der Waals surface area contributed by atoms with Crippen molar-refractivity contribution in [1.29, 1.82) is 0 Å². The van der Waals surface area contributed by atoms with E-state index in [9.17, 15) is 0 Å². The normalized spacial score (nSPS) is 12.0. The van der Waals surface area contributed by atoms with Gasteiger partial charge in [0.05, 0.1) is 6.61 Å². The zero-order chi connectivity index (χ0) is 25.1. The zero-order valence-electron chi connectivity index (χ0n) is 20.9. The van der Waals surface area contributed by atoms with Crippen molar-refractivity contribution >= 4 is 34.2 Å². The highest BCUT2D eigenvalue weighted by Crippen LogP contribution is 2.49. The summed E-state index contributed by atoms with van der Waals surface area (Å²) in [6.45, 7) is 0.450. The van der Waals surface area contributed by atoms with Crippen molar-refractivity contribution < 1.29 is 4.74 Å². The predicted octanol–water partition coefficient (Wildman–Crippen LogP) is 7.26. The maximum atomic E-state index is 6.61. The summed E-state index contributed by atoms with van der Waals surface area (Å²) in [6.07, 6.45) is 0. The highest BCUT2D eigenvalue weighted by molar-refractivity contribution is 7.94. The molecule has 1 nitrogen and oxygen atoms in total. The number of allylic oxidation sites excluding steroid dienone is 1. The zero-order valence-corrected chi connectivity index (χ0v) is 21.8. The Kier molecular flexibility index (Phi) is 6.39. The molecule has 2 heteroatoms. The van der Waals surface area contributed by atoms with Crippen molar-refractivity contribution in [3.05, 3.63) is 156 Å². The number of hydrogen-bond acceptors (Lipinski definition) is 1. The van der Waals surface area contributed by atoms with Crippen LogP contribution < -0.4 is 15.9 Å². The molecule has 5 aromatic carbocycles. The van der Waals surface area contributed by atoms with Crippen LogP contribution in [0.3, 0.4) is 0 Å². The Labute approximate surface area is 219 Å². The van der Waals surface area contributed by atoms with Crippen molar-refractivity contribution in [2.45, 2.75) is 6.92 Å². The first kappa shape index (κ1) is 23.3. The molecule has 5 aromatic rings. The number of fused-ring (bicyclic) bond motifs is 3. The van der Waals surface area contributed by atoms with Gasteiger partial charge in [0.15, 0.2) is 0 Å². The number of rotatable bonds is 6. The second-order valence-electron chi connectivity index (χ2n) is 9.12. The molecule has 180 valence electrons. The summed E-state index contributed by atoms with van der Waals surface area (Å²) in [4.78, 5) is 0. The molecule has 0 amide bonds. The Morgan fingerprint density at radius 1 is 0.514 bits per heavy atom. The van der Waals surface area contributed by atoms with E-state index < -0.39 is 6.89 Å². The topological polar surface area (TPSA) is 9.23 Å². The summed E-state index contributed by atoms with van der Waals surface area (Å²) in [5.74, 6) is 3.41. The third kappa shape index (κ3) is 4.06. The molecule has 37 heavy (non-hydrogen) atoms. The summed E-state index contributed by atoms with van der Waals surface area (Å²) >= 11 is 0. The molecule has 0 fully saturated rings. The molecule has 0 saturated carbocycles. The minimum Gasteiger partial charge on any atom is -0.493 e. The molecule has 6 rings (SSSR count). The van der Waals surface area contributed by atoms with E-state index in [-0.39, 0.29) is 0 Å². The average molecular weight is 497 g/mol. The summed E-state index contributed by atoms with van der Waals surface area (Å²) in [6, 6.07) is 50.2. The van der Waals surface area contributed by atoms with E-state index in [1.54, 1.807) is 0 Å². The Morgan fingerprint density at radius 2 is 0.865 bits per heavy atom. The van der Waals surface area contributed by atoms with Gasteiger partial charge >= 0.3 is 0 Å². The molecule has 0 spiro atoms. The minimum absolute atomic E-state index is 0.595. The fourth-order valence-corrected chi connectivity index (χ4v) is 9.27. The van der Waals surface area contributed by atoms with Gasteiger partial charge in [-0.05, 0) is 57.8 Å². The second kappa shape index (κ2) is 10.1. The van der Waals surface area contributed by atoms with E-state index in [2.05, 4.69) is 152 Å². The van der Waals surface area contributed by atoms with Crippen LogP contribution in [-0.4, -0.2) is 12.4 Å². The molecule has 1 aliphatic carbocycles. The van der Waals surface area contributed by atoms with Gasteiger partial charge in [0, 0.05) is 5.57 Å². The molecule has 0 N–H and O–H groups in total. The summed E-state index contributed by atoms with van der Waals surface area (Å²) in [7, 11) is 0. The monoisotopic (exact) mass is 496 g/mol. The molecule has 0 aliphatic heterocycles. The second-order valence-corrected chi connectivity index (χ2v) is 12.4. The van der Waals surface area contributed by atoms with Gasteiger partial charge < -0.3 is 4.74 Å². The van der Waals surface area contributed by atoms with Gasteiger partial charge in [-0.2, -0.15) is 0 Å². The Balaban J connectivity index is 1.78. The van der Waals surface area contributed by atoms with Gasteiger partial charge in [0.2, 0.25) is 0 Å². The SMILES string of the molecule is CCOC(C=P(c1ccccc1)(c1ccccc1)c1ccccc1)=C1c2ccccc2-c2ccccc21. The molecule has 0 heterocycles. The number of hydrogen-bond donors (Lipinski definition) is 0. The highest BCUT2D eigenvalue weighted by atomic mass is 31.2. The maximum Gasteiger partial charge on any atom is 0.128 e. The van der Waals surface area contributed by atoms with Crippen molar-refractivity contribution in [2.75, 3.05) is 6.61 Å². The molecular formula is C35H29OP. The summed E-state index contributed by atoms with van der Waals surface area (Å²) in [5.41, 5.74) is 6.18. The lowest BCUT2D eigenvalue weighted by molar-refractivity contribution is 0.254. The van der Waals surface area contributed by atoms with E-state index in [1.165, 1.54) is 43.7 Å². The van der Waals surface area contributed by atoms with Crippen LogP contribution in [0.25, 0.3) is 16.7 Å². The maximum absolute atomic E-state index is 6.61. The standard InChI is InChI=1S/C35H29OP/c1-2-36-34(35-32-24-14-12-22-30(32)31-23-13-15-25-33(31)35)26-37(27-16-6-3-7-17-27,28-18-8-4-9-19-28)29-20-10-5-11-21-29/h3-26H,2H2,1H3. The fraction of sp³-hybridized carbons (Fsp3) is 0.0571. The van der Waals surface area contributed by atoms with Crippen molar-refractivity contribution in [1.82, 2.24) is 0 Å². The lowest BCUT2D eigenvalue weighted by Crippen LogP contribution is -2.27. The Bertz CT molecular complexity index is 1470. The van der Waals surface area contributed by atoms with Crippen LogP contribution in [0, 0.1) is 0 Å². The first-order valence-corrected chi connectivity index (χ1v) is 14.7. The largest absolute Gasteiger partial charge is 0.493 e. The van der Waals surface area contributed by atoms with Crippen LogP contribution in [0.15, 0.2) is 145 Å². The van der Waals surface area contributed by atoms with Crippen molar-refractivity contribution in [3.8, 4) is 11.1 Å². The third-order valence-corrected chi connectivity index (χ3v) is 11.0. The summed E-state index contributed by atoms with van der Waals surface area (Å²) < 4.78 is 6.61. The van der Waals surface area contributed by atoms with E-state index in [0.717, 1.165) is 5.76 Å². The molecule has 0 bridgehead atoms. The molecule has 1 aliphatic rings. The molecule has 0 aromatic heterocycles. The highest BCUT2D eigenvalue weighted by Gasteiger charge is 2.30. The first-order valence-electron chi connectivity index (χ1n) is 12.8. The molecule has 0 unspecified atom stereocenters. The van der Waals surface area contributed by atoms with Crippen LogP contribution in [0.4, 0.5) is 0 Å². The number of benzene rings is 5. The molecule has 0 saturated heterocycles. The third-order valence-electron chi connectivity index (χ3n) is 7.03. The fourth-order valence-electron chi connectivity index (χ4n) is 5.45. The number of ether oxygens (including phenoxy) is 1. The first-order chi connectivity index (χ1) is 18.3. The smallest absolute Gasteiger partial charge is 0.128 e. The lowest BCUT2D eigenvalue weighted by atomic mass is 10.0. The minimum atomic E-state index is -2.22. The van der Waals surface area contributed by atoms with E-state index in [1.807, 2.05) is 0 Å². The Morgan fingerprint density at radius 3 is 1.24 bits per heavy atom. The summed E-state index contributed by atoms with van der Waals surface area (Å²) in [5, 5.41) is 3.93. The van der Waals surface area contributed by atoms with Crippen molar-refractivity contribution in [2.24, 2.45) is 0 Å². The van der Waals surface area contributed by atoms with Crippen LogP contribution >= 0.6 is 6.89 Å². The Hall–Kier alpha value is -4.06. The van der Waals surface area contributed by atoms with E-state index in [0.29, 0.717) is 6.61 Å². The van der Waals surface area contributed by atoms with Crippen LogP contribution in [0.1, 0.15) is 18.1 Å². The lowest BCUT2D eigenvalue weighted by Gasteiger charge is -2.29. The molecule has 0 radical (unpaired) electrons. The van der Waals surface area contributed by atoms with Gasteiger partial charge in [-0.3, -0.25) is 0 Å². The van der Waals surface area contributed by atoms with Crippen LogP contribution in [-0.2, 0) is 4.74 Å². The van der Waals surface area contributed by atoms with Gasteiger partial charge in [0.1, 0.15) is 5.76 Å². The van der Waals surface area contributed by atoms with Crippen molar-refractivity contribution in [3.63, 3.8) is 0 Å². The quantitative estimate of drug-likeness (QED) is 0.174. The average Bonchev–Trinajstić information content (AvgIpc) is 3.31. The van der Waals surface area contributed by atoms with Gasteiger partial charge in [0.25, 0.3) is 0 Å². The van der Waals surface area contributed by atoms with E-state index in [4.69, 9.17) is 4.74 Å². The van der Waals surface area contributed by atoms with Crippen LogP contribution in [0.5, 0.6) is 0 Å². The molecular weight excluding hydrogens is 467 g/mol. The molecule has 0 atom stereocenters. The van der Waals surface area contributed by atoms with Gasteiger partial charge in [-0.25, -0.2) is 0 Å². The van der Waals surface area contributed by atoms with Crippen LogP contribution in [0.2, 0.25) is 0 Å². The van der Waals surface area contributed by atoms with E-state index >= 15 is 0 Å². The predicted molar refractivity (Wildman–Crippen MR) is 161 cm³/mol. The van der Waals surface area contributed by atoms with Gasteiger partial charge in [-0.15, -0.1) is 0 Å².